The molecular formula is C8H21NO. The Bertz CT molecular complexity index is 64.1. The van der Waals surface area contributed by atoms with Gasteiger partial charge in [0.05, 0.1) is 0 Å². The molecule has 0 bridgehead atoms. The van der Waals surface area contributed by atoms with E-state index in [0.717, 1.165) is 0 Å². The molecule has 0 unspecified atom stereocenters. The predicted octanol–water partition coefficient (Wildman–Crippen LogP) is 1.61. The van der Waals surface area contributed by atoms with Crippen molar-refractivity contribution < 1.29 is 4.74 Å². The number of methoxy groups -OCH3 is 1. The standard InChI is InChI=1S/C6H15N.C2H6O/c1-6(2,3)7(4)5;1-3-2/h1-5H3;1-2H3. The first-order chi connectivity index (χ1) is 4.36. The molecule has 2 nitrogen and oxygen atoms in total. The molecule has 0 aromatic rings. The van der Waals surface area contributed by atoms with Crippen LogP contribution in [-0.4, -0.2) is 38.8 Å². The summed E-state index contributed by atoms with van der Waals surface area (Å²) < 4.78 is 4.25. The van der Waals surface area contributed by atoms with Crippen molar-refractivity contribution in [2.24, 2.45) is 0 Å². The molecule has 10 heavy (non-hydrogen) atoms. The average Bonchev–Trinajstić information content (AvgIpc) is 1.64. The van der Waals surface area contributed by atoms with Gasteiger partial charge >= 0.3 is 0 Å². The van der Waals surface area contributed by atoms with Gasteiger partial charge in [0.1, 0.15) is 0 Å². The lowest BCUT2D eigenvalue weighted by atomic mass is 10.1. The molecule has 0 fully saturated rings. The molecule has 0 aliphatic heterocycles. The Labute approximate surface area is 65.2 Å². The van der Waals surface area contributed by atoms with Crippen LogP contribution in [0.3, 0.4) is 0 Å². The minimum absolute atomic E-state index is 0.333. The molecule has 64 valence electrons. The Morgan fingerprint density at radius 2 is 1.10 bits per heavy atom. The molecule has 0 atom stereocenters. The van der Waals surface area contributed by atoms with E-state index in [-0.39, 0.29) is 0 Å². The van der Waals surface area contributed by atoms with Crippen molar-refractivity contribution in [3.8, 4) is 0 Å². The molecule has 0 aliphatic rings. The van der Waals surface area contributed by atoms with Gasteiger partial charge in [0.15, 0.2) is 0 Å². The molecule has 0 radical (unpaired) electrons. The van der Waals surface area contributed by atoms with Crippen LogP contribution in [0.25, 0.3) is 0 Å². The van der Waals surface area contributed by atoms with Crippen molar-refractivity contribution in [3.05, 3.63) is 0 Å². The van der Waals surface area contributed by atoms with E-state index in [9.17, 15) is 0 Å². The van der Waals surface area contributed by atoms with Crippen LogP contribution in [0.15, 0.2) is 0 Å². The van der Waals surface area contributed by atoms with Crippen molar-refractivity contribution >= 4 is 0 Å². The lowest BCUT2D eigenvalue weighted by Gasteiger charge is -2.27. The van der Waals surface area contributed by atoms with E-state index in [1.807, 2.05) is 0 Å². The molecule has 0 saturated carbocycles. The fraction of sp³-hybridized carbons (Fsp3) is 1.00. The van der Waals surface area contributed by atoms with Crippen LogP contribution in [0.5, 0.6) is 0 Å². The Morgan fingerprint density at radius 1 is 1.00 bits per heavy atom. The van der Waals surface area contributed by atoms with Crippen LogP contribution in [0.1, 0.15) is 20.8 Å². The minimum atomic E-state index is 0.333. The van der Waals surface area contributed by atoms with Crippen LogP contribution < -0.4 is 0 Å². The molecule has 0 heterocycles. The fourth-order valence-electron chi connectivity index (χ4n) is 0. The second kappa shape index (κ2) is 5.69. The normalized spacial score (nSPS) is 10.8. The molecule has 0 amide bonds. The maximum atomic E-state index is 4.25. The van der Waals surface area contributed by atoms with Gasteiger partial charge in [0.25, 0.3) is 0 Å². The minimum Gasteiger partial charge on any atom is -0.388 e. The van der Waals surface area contributed by atoms with Crippen molar-refractivity contribution in [1.29, 1.82) is 0 Å². The first kappa shape index (κ1) is 12.6. The SMILES string of the molecule is CN(C)C(C)(C)C.COC. The third-order valence-corrected chi connectivity index (χ3v) is 1.34. The maximum absolute atomic E-state index is 4.25. The number of rotatable bonds is 0. The Hall–Kier alpha value is -0.0800. The molecule has 2 heteroatoms. The highest BCUT2D eigenvalue weighted by Gasteiger charge is 2.10. The molecule has 0 aromatic heterocycles. The van der Waals surface area contributed by atoms with Gasteiger partial charge in [-0.05, 0) is 34.9 Å². The summed E-state index contributed by atoms with van der Waals surface area (Å²) in [7, 11) is 7.42. The van der Waals surface area contributed by atoms with E-state index in [0.29, 0.717) is 5.54 Å². The summed E-state index contributed by atoms with van der Waals surface area (Å²) in [4.78, 5) is 2.19. The zero-order valence-corrected chi connectivity index (χ0v) is 8.36. The maximum Gasteiger partial charge on any atom is 0.0351 e. The van der Waals surface area contributed by atoms with Gasteiger partial charge in [0, 0.05) is 19.8 Å². The summed E-state index contributed by atoms with van der Waals surface area (Å²) in [5.74, 6) is 0. The van der Waals surface area contributed by atoms with Gasteiger partial charge in [-0.2, -0.15) is 0 Å². The summed E-state index contributed by atoms with van der Waals surface area (Å²) in [5.41, 5.74) is 0.333. The summed E-state index contributed by atoms with van der Waals surface area (Å²) >= 11 is 0. The second-order valence-electron chi connectivity index (χ2n) is 3.47. The molecule has 0 aromatic carbocycles. The fourth-order valence-corrected chi connectivity index (χ4v) is 0. The van der Waals surface area contributed by atoms with Crippen LogP contribution in [0.4, 0.5) is 0 Å². The van der Waals surface area contributed by atoms with Crippen molar-refractivity contribution in [3.63, 3.8) is 0 Å². The second-order valence-corrected chi connectivity index (χ2v) is 3.47. The van der Waals surface area contributed by atoms with E-state index >= 15 is 0 Å². The molecule has 0 aliphatic carbocycles. The zero-order chi connectivity index (χ0) is 8.78. The lowest BCUT2D eigenvalue weighted by Crippen LogP contribution is -2.34. The van der Waals surface area contributed by atoms with Gasteiger partial charge in [-0.25, -0.2) is 0 Å². The van der Waals surface area contributed by atoms with E-state index in [2.05, 4.69) is 44.5 Å². The Balaban J connectivity index is 0. The zero-order valence-electron chi connectivity index (χ0n) is 8.36. The largest absolute Gasteiger partial charge is 0.388 e. The number of nitrogens with zero attached hydrogens (tertiary/aromatic N) is 1. The first-order valence-electron chi connectivity index (χ1n) is 3.43. The quantitative estimate of drug-likeness (QED) is 0.516. The average molecular weight is 147 g/mol. The third-order valence-electron chi connectivity index (χ3n) is 1.34. The van der Waals surface area contributed by atoms with Gasteiger partial charge in [-0.3, -0.25) is 0 Å². The summed E-state index contributed by atoms with van der Waals surface area (Å²) in [6.45, 7) is 6.56. The molecular weight excluding hydrogens is 126 g/mol. The van der Waals surface area contributed by atoms with Gasteiger partial charge in [0.2, 0.25) is 0 Å². The van der Waals surface area contributed by atoms with Gasteiger partial charge in [-0.15, -0.1) is 0 Å². The smallest absolute Gasteiger partial charge is 0.0351 e. The van der Waals surface area contributed by atoms with Gasteiger partial charge < -0.3 is 9.64 Å². The third kappa shape index (κ3) is 10.8. The number of ether oxygens (including phenoxy) is 1. The summed E-state index contributed by atoms with van der Waals surface area (Å²) in [5, 5.41) is 0. The number of hydrogen-bond donors (Lipinski definition) is 0. The molecule has 0 N–H and O–H groups in total. The predicted molar refractivity (Wildman–Crippen MR) is 46.4 cm³/mol. The number of hydrogen-bond acceptors (Lipinski definition) is 2. The highest BCUT2D eigenvalue weighted by Crippen LogP contribution is 2.05. The highest BCUT2D eigenvalue weighted by molar-refractivity contribution is 4.67. The van der Waals surface area contributed by atoms with E-state index in [1.165, 1.54) is 0 Å². The van der Waals surface area contributed by atoms with E-state index in [1.54, 1.807) is 14.2 Å². The topological polar surface area (TPSA) is 12.5 Å². The summed E-state index contributed by atoms with van der Waals surface area (Å²) in [6, 6.07) is 0. The first-order valence-corrected chi connectivity index (χ1v) is 3.43. The van der Waals surface area contributed by atoms with Gasteiger partial charge in [-0.1, -0.05) is 0 Å². The van der Waals surface area contributed by atoms with Crippen molar-refractivity contribution in [2.75, 3.05) is 28.3 Å². The Morgan fingerprint density at radius 3 is 1.10 bits per heavy atom. The highest BCUT2D eigenvalue weighted by atomic mass is 16.4. The van der Waals surface area contributed by atoms with Crippen LogP contribution in [0, 0.1) is 0 Å². The molecule has 0 rings (SSSR count). The Kier molecular flexibility index (Phi) is 7.15. The monoisotopic (exact) mass is 147 g/mol. The van der Waals surface area contributed by atoms with Crippen LogP contribution >= 0.6 is 0 Å². The molecule has 0 spiro atoms. The van der Waals surface area contributed by atoms with E-state index in [4.69, 9.17) is 0 Å². The van der Waals surface area contributed by atoms with Crippen LogP contribution in [0.2, 0.25) is 0 Å². The lowest BCUT2D eigenvalue weighted by molar-refractivity contribution is 0.219. The van der Waals surface area contributed by atoms with Crippen molar-refractivity contribution in [1.82, 2.24) is 4.90 Å². The van der Waals surface area contributed by atoms with Crippen molar-refractivity contribution in [2.45, 2.75) is 26.3 Å². The van der Waals surface area contributed by atoms with Crippen LogP contribution in [-0.2, 0) is 4.74 Å². The summed E-state index contributed by atoms with van der Waals surface area (Å²) in [6.07, 6.45) is 0. The molecule has 0 saturated heterocycles. The van der Waals surface area contributed by atoms with E-state index < -0.39 is 0 Å².